The van der Waals surface area contributed by atoms with Crippen LogP contribution in [-0.2, 0) is 0 Å². The zero-order valence-electron chi connectivity index (χ0n) is 12.7. The largest absolute Gasteiger partial charge is 0.439 e. The third kappa shape index (κ3) is 4.99. The second kappa shape index (κ2) is 8.06. The summed E-state index contributed by atoms with van der Waals surface area (Å²) in [7, 11) is 0. The molecule has 0 bridgehead atoms. The highest BCUT2D eigenvalue weighted by molar-refractivity contribution is 7.80. The number of rotatable bonds is 4. The highest BCUT2D eigenvalue weighted by Gasteiger charge is 2.09. The maximum atomic E-state index is 12.0. The molecule has 8 heteroatoms. The standard InChI is InChI=1S/C17H12ClN3O2S2/c18-11-6-7-15(19-10-11)23-13-4-1-3-12(9-13)20-17(24)21-16(22)14-5-2-8-25-14/h1-10H,(H2,20,21,22,24). The number of carbonyl (C=O) groups excluding carboxylic acids is 1. The predicted octanol–water partition coefficient (Wildman–Crippen LogP) is 4.72. The van der Waals surface area contributed by atoms with Crippen LogP contribution in [0.15, 0.2) is 60.1 Å². The number of thiophene rings is 1. The molecule has 0 aliphatic heterocycles. The highest BCUT2D eigenvalue weighted by Crippen LogP contribution is 2.23. The molecule has 0 aliphatic carbocycles. The van der Waals surface area contributed by atoms with Crippen molar-refractivity contribution < 1.29 is 9.53 Å². The van der Waals surface area contributed by atoms with Crippen LogP contribution in [0.1, 0.15) is 9.67 Å². The molecule has 0 aliphatic rings. The van der Waals surface area contributed by atoms with Gasteiger partial charge in [-0.25, -0.2) is 4.98 Å². The molecule has 126 valence electrons. The Morgan fingerprint density at radius 1 is 1.20 bits per heavy atom. The van der Waals surface area contributed by atoms with E-state index >= 15 is 0 Å². The molecule has 0 spiro atoms. The monoisotopic (exact) mass is 389 g/mol. The summed E-state index contributed by atoms with van der Waals surface area (Å²) in [6.45, 7) is 0. The number of hydrogen-bond donors (Lipinski definition) is 2. The van der Waals surface area contributed by atoms with E-state index in [9.17, 15) is 4.79 Å². The molecule has 1 amide bonds. The molecule has 2 aromatic heterocycles. The van der Waals surface area contributed by atoms with E-state index in [0.29, 0.717) is 27.2 Å². The summed E-state index contributed by atoms with van der Waals surface area (Å²) in [5.41, 5.74) is 0.683. The Hall–Kier alpha value is -2.48. The number of pyridine rings is 1. The van der Waals surface area contributed by atoms with Crippen LogP contribution in [0, 0.1) is 0 Å². The molecule has 0 saturated carbocycles. The molecule has 2 N–H and O–H groups in total. The van der Waals surface area contributed by atoms with E-state index in [-0.39, 0.29) is 11.0 Å². The minimum Gasteiger partial charge on any atom is -0.439 e. The van der Waals surface area contributed by atoms with Crippen molar-refractivity contribution in [3.05, 3.63) is 70.0 Å². The molecule has 0 atom stereocenters. The van der Waals surface area contributed by atoms with Gasteiger partial charge in [0.15, 0.2) is 5.11 Å². The average molecular weight is 390 g/mol. The Labute approximate surface area is 158 Å². The first kappa shape index (κ1) is 17.3. The van der Waals surface area contributed by atoms with Crippen LogP contribution in [0.5, 0.6) is 11.6 Å². The molecular weight excluding hydrogens is 378 g/mol. The van der Waals surface area contributed by atoms with Crippen molar-refractivity contribution in [1.82, 2.24) is 10.3 Å². The number of nitrogens with zero attached hydrogens (tertiary/aromatic N) is 1. The van der Waals surface area contributed by atoms with Gasteiger partial charge in [0.1, 0.15) is 5.75 Å². The smallest absolute Gasteiger partial charge is 0.267 e. The minimum absolute atomic E-state index is 0.208. The van der Waals surface area contributed by atoms with Crippen molar-refractivity contribution >= 4 is 51.9 Å². The fourth-order valence-electron chi connectivity index (χ4n) is 1.92. The number of amides is 1. The van der Waals surface area contributed by atoms with Gasteiger partial charge in [-0.3, -0.25) is 10.1 Å². The van der Waals surface area contributed by atoms with Gasteiger partial charge >= 0.3 is 0 Å². The number of halogens is 1. The average Bonchev–Trinajstić information content (AvgIpc) is 3.12. The normalized spacial score (nSPS) is 10.1. The molecule has 3 rings (SSSR count). The summed E-state index contributed by atoms with van der Waals surface area (Å²) in [6.07, 6.45) is 1.51. The van der Waals surface area contributed by atoms with Crippen molar-refractivity contribution in [2.24, 2.45) is 0 Å². The third-order valence-electron chi connectivity index (χ3n) is 2.99. The van der Waals surface area contributed by atoms with Crippen LogP contribution >= 0.6 is 35.2 Å². The lowest BCUT2D eigenvalue weighted by Gasteiger charge is -2.10. The summed E-state index contributed by atoms with van der Waals surface area (Å²) in [4.78, 5) is 16.6. The number of ether oxygens (including phenoxy) is 1. The first-order chi connectivity index (χ1) is 12.1. The number of thiocarbonyl (C=S) groups is 1. The van der Waals surface area contributed by atoms with Crippen LogP contribution in [-0.4, -0.2) is 16.0 Å². The van der Waals surface area contributed by atoms with Crippen LogP contribution in [0.3, 0.4) is 0 Å². The molecule has 0 fully saturated rings. The zero-order valence-corrected chi connectivity index (χ0v) is 15.1. The van der Waals surface area contributed by atoms with E-state index in [2.05, 4.69) is 15.6 Å². The van der Waals surface area contributed by atoms with Gasteiger partial charge in [-0.05, 0) is 41.9 Å². The van der Waals surface area contributed by atoms with Crippen molar-refractivity contribution in [2.75, 3.05) is 5.32 Å². The van der Waals surface area contributed by atoms with E-state index in [1.54, 1.807) is 36.4 Å². The van der Waals surface area contributed by atoms with Gasteiger partial charge in [0.05, 0.1) is 9.90 Å². The van der Waals surface area contributed by atoms with Crippen molar-refractivity contribution in [2.45, 2.75) is 0 Å². The lowest BCUT2D eigenvalue weighted by atomic mass is 10.3. The minimum atomic E-state index is -0.245. The van der Waals surface area contributed by atoms with E-state index in [1.165, 1.54) is 17.5 Å². The number of carbonyl (C=O) groups is 1. The lowest BCUT2D eigenvalue weighted by Crippen LogP contribution is -2.33. The topological polar surface area (TPSA) is 63.2 Å². The summed E-state index contributed by atoms with van der Waals surface area (Å²) in [6, 6.07) is 14.1. The van der Waals surface area contributed by atoms with Crippen molar-refractivity contribution in [3.63, 3.8) is 0 Å². The summed E-state index contributed by atoms with van der Waals surface area (Å²) >= 11 is 12.3. The molecule has 25 heavy (non-hydrogen) atoms. The maximum absolute atomic E-state index is 12.0. The fraction of sp³-hybridized carbons (Fsp3) is 0. The number of hydrogen-bond acceptors (Lipinski definition) is 5. The second-order valence-corrected chi connectivity index (χ2v) is 6.62. The van der Waals surface area contributed by atoms with Gasteiger partial charge in [0, 0.05) is 24.0 Å². The lowest BCUT2D eigenvalue weighted by molar-refractivity contribution is 0.0981. The van der Waals surface area contributed by atoms with Crippen LogP contribution in [0.25, 0.3) is 0 Å². The zero-order chi connectivity index (χ0) is 17.6. The molecule has 0 unspecified atom stereocenters. The SMILES string of the molecule is O=C(NC(=S)Nc1cccc(Oc2ccc(Cl)cn2)c1)c1cccs1. The third-order valence-corrected chi connectivity index (χ3v) is 4.28. The second-order valence-electron chi connectivity index (χ2n) is 4.83. The number of nitrogens with one attached hydrogen (secondary N) is 2. The number of benzene rings is 1. The van der Waals surface area contributed by atoms with Gasteiger partial charge in [-0.15, -0.1) is 11.3 Å². The quantitative estimate of drug-likeness (QED) is 0.632. The number of anilines is 1. The van der Waals surface area contributed by atoms with E-state index < -0.39 is 0 Å². The highest BCUT2D eigenvalue weighted by atomic mass is 35.5. The van der Waals surface area contributed by atoms with Gasteiger partial charge in [-0.1, -0.05) is 23.7 Å². The Kier molecular flexibility index (Phi) is 5.60. The maximum Gasteiger partial charge on any atom is 0.267 e. The Bertz CT molecular complexity index is 883. The Morgan fingerprint density at radius 2 is 2.08 bits per heavy atom. The molecular formula is C17H12ClN3O2S2. The van der Waals surface area contributed by atoms with Crippen LogP contribution in [0.4, 0.5) is 5.69 Å². The van der Waals surface area contributed by atoms with Crippen LogP contribution in [0.2, 0.25) is 5.02 Å². The number of aromatic nitrogens is 1. The first-order valence-corrected chi connectivity index (χ1v) is 8.82. The van der Waals surface area contributed by atoms with Crippen molar-refractivity contribution in [3.8, 4) is 11.6 Å². The molecule has 1 aromatic carbocycles. The van der Waals surface area contributed by atoms with E-state index in [4.69, 9.17) is 28.6 Å². The Morgan fingerprint density at radius 3 is 2.80 bits per heavy atom. The molecule has 3 aromatic rings. The van der Waals surface area contributed by atoms with Gasteiger partial charge in [0.2, 0.25) is 5.88 Å². The van der Waals surface area contributed by atoms with Gasteiger partial charge in [0.25, 0.3) is 5.91 Å². The molecule has 5 nitrogen and oxygen atoms in total. The summed E-state index contributed by atoms with van der Waals surface area (Å²) in [5.74, 6) is 0.757. The molecule has 0 radical (unpaired) electrons. The molecule has 2 heterocycles. The summed E-state index contributed by atoms with van der Waals surface area (Å²) in [5, 5.41) is 8.16. The molecule has 0 saturated heterocycles. The van der Waals surface area contributed by atoms with Gasteiger partial charge in [-0.2, -0.15) is 0 Å². The first-order valence-electron chi connectivity index (χ1n) is 7.15. The predicted molar refractivity (Wildman–Crippen MR) is 104 cm³/mol. The fourth-order valence-corrected chi connectivity index (χ4v) is 2.86. The van der Waals surface area contributed by atoms with Crippen molar-refractivity contribution in [1.29, 1.82) is 0 Å². The van der Waals surface area contributed by atoms with E-state index in [1.807, 2.05) is 17.5 Å². The van der Waals surface area contributed by atoms with Gasteiger partial charge < -0.3 is 10.1 Å². The van der Waals surface area contributed by atoms with Crippen LogP contribution < -0.4 is 15.4 Å². The van der Waals surface area contributed by atoms with E-state index in [0.717, 1.165) is 0 Å². The Balaban J connectivity index is 1.62. The summed E-state index contributed by atoms with van der Waals surface area (Å²) < 4.78 is 5.66.